The van der Waals surface area contributed by atoms with Crippen molar-refractivity contribution in [1.29, 1.82) is 0 Å². The maximum absolute atomic E-state index is 13.3. The fraction of sp³-hybridized carbons (Fsp3) is 0.316. The van der Waals surface area contributed by atoms with Gasteiger partial charge in [-0.15, -0.1) is 10.2 Å². The van der Waals surface area contributed by atoms with Gasteiger partial charge < -0.3 is 18.9 Å². The molecule has 1 unspecified atom stereocenters. The Kier molecular flexibility index (Phi) is 5.34. The fourth-order valence-electron chi connectivity index (χ4n) is 3.17. The Morgan fingerprint density at radius 2 is 2.14 bits per heavy atom. The van der Waals surface area contributed by atoms with E-state index in [0.717, 1.165) is 5.56 Å². The zero-order valence-corrected chi connectivity index (χ0v) is 15.8. The first kappa shape index (κ1) is 18.8. The SMILES string of the molecule is Cn1ccc(=O)c(OCc2ccccc2)c1C(=O)N1CCOC(c2nn[nH]n2)C1. The predicted molar refractivity (Wildman–Crippen MR) is 101 cm³/mol. The minimum atomic E-state index is -0.485. The number of tetrazole rings is 1. The molecule has 1 atom stereocenters. The van der Waals surface area contributed by atoms with E-state index in [0.29, 0.717) is 19.0 Å². The number of aromatic amines is 1. The van der Waals surface area contributed by atoms with E-state index in [1.165, 1.54) is 6.07 Å². The van der Waals surface area contributed by atoms with Crippen molar-refractivity contribution in [3.05, 3.63) is 69.9 Å². The molecule has 2 aromatic heterocycles. The van der Waals surface area contributed by atoms with E-state index in [1.54, 1.807) is 22.7 Å². The van der Waals surface area contributed by atoms with Gasteiger partial charge in [-0.05, 0) is 5.56 Å². The van der Waals surface area contributed by atoms with Crippen molar-refractivity contribution in [2.75, 3.05) is 19.7 Å². The van der Waals surface area contributed by atoms with Crippen LogP contribution in [0.2, 0.25) is 0 Å². The van der Waals surface area contributed by atoms with Crippen LogP contribution in [0.1, 0.15) is 28.0 Å². The summed E-state index contributed by atoms with van der Waals surface area (Å²) in [5.41, 5.74) is 0.757. The third-order valence-electron chi connectivity index (χ3n) is 4.67. The fourth-order valence-corrected chi connectivity index (χ4v) is 3.17. The lowest BCUT2D eigenvalue weighted by Gasteiger charge is -2.32. The van der Waals surface area contributed by atoms with Gasteiger partial charge in [0.1, 0.15) is 12.7 Å². The summed E-state index contributed by atoms with van der Waals surface area (Å²) in [5, 5.41) is 13.8. The number of rotatable bonds is 5. The minimum Gasteiger partial charge on any atom is -0.483 e. The minimum absolute atomic E-state index is 0.0338. The van der Waals surface area contributed by atoms with E-state index in [-0.39, 0.29) is 35.9 Å². The summed E-state index contributed by atoms with van der Waals surface area (Å²) in [7, 11) is 1.71. The number of hydrogen-bond acceptors (Lipinski definition) is 7. The molecule has 1 aromatic carbocycles. The molecule has 10 heteroatoms. The van der Waals surface area contributed by atoms with E-state index in [2.05, 4.69) is 20.6 Å². The lowest BCUT2D eigenvalue weighted by atomic mass is 10.2. The molecule has 0 aliphatic carbocycles. The summed E-state index contributed by atoms with van der Waals surface area (Å²) in [6.45, 7) is 1.15. The van der Waals surface area contributed by atoms with Crippen molar-refractivity contribution in [2.24, 2.45) is 7.05 Å². The molecule has 0 radical (unpaired) electrons. The van der Waals surface area contributed by atoms with Gasteiger partial charge in [-0.3, -0.25) is 9.59 Å². The molecule has 3 heterocycles. The Hall–Kier alpha value is -3.53. The number of carbonyl (C=O) groups excluding carboxylic acids is 1. The average molecular weight is 396 g/mol. The van der Waals surface area contributed by atoms with Crippen molar-refractivity contribution >= 4 is 5.91 Å². The monoisotopic (exact) mass is 396 g/mol. The predicted octanol–water partition coefficient (Wildman–Crippen LogP) is 0.691. The van der Waals surface area contributed by atoms with Crippen LogP contribution in [0.25, 0.3) is 0 Å². The summed E-state index contributed by atoms with van der Waals surface area (Å²) in [6.07, 6.45) is 1.07. The van der Waals surface area contributed by atoms with Crippen LogP contribution in [-0.2, 0) is 18.4 Å². The number of pyridine rings is 1. The molecule has 1 amide bonds. The number of aryl methyl sites for hydroxylation is 1. The van der Waals surface area contributed by atoms with Crippen LogP contribution in [0.4, 0.5) is 0 Å². The molecule has 4 rings (SSSR count). The van der Waals surface area contributed by atoms with Gasteiger partial charge in [-0.25, -0.2) is 0 Å². The highest BCUT2D eigenvalue weighted by molar-refractivity contribution is 5.95. The van der Waals surface area contributed by atoms with Crippen molar-refractivity contribution in [3.63, 3.8) is 0 Å². The Bertz CT molecular complexity index is 1030. The van der Waals surface area contributed by atoms with Crippen molar-refractivity contribution in [1.82, 2.24) is 30.1 Å². The number of H-pyrrole nitrogens is 1. The number of hydrogen-bond donors (Lipinski definition) is 1. The molecular weight excluding hydrogens is 376 g/mol. The van der Waals surface area contributed by atoms with Crippen molar-refractivity contribution in [3.8, 4) is 5.75 Å². The van der Waals surface area contributed by atoms with Gasteiger partial charge in [0.25, 0.3) is 5.91 Å². The van der Waals surface area contributed by atoms with Crippen LogP contribution < -0.4 is 10.2 Å². The molecule has 0 saturated carbocycles. The Balaban J connectivity index is 1.59. The molecule has 1 fully saturated rings. The van der Waals surface area contributed by atoms with E-state index in [4.69, 9.17) is 9.47 Å². The molecule has 0 spiro atoms. The second-order valence-electron chi connectivity index (χ2n) is 6.62. The van der Waals surface area contributed by atoms with Gasteiger partial charge in [0, 0.05) is 25.9 Å². The maximum Gasteiger partial charge on any atom is 0.274 e. The van der Waals surface area contributed by atoms with Gasteiger partial charge >= 0.3 is 0 Å². The van der Waals surface area contributed by atoms with E-state index >= 15 is 0 Å². The first-order chi connectivity index (χ1) is 14.1. The van der Waals surface area contributed by atoms with Crippen molar-refractivity contribution < 1.29 is 14.3 Å². The Morgan fingerprint density at radius 1 is 1.31 bits per heavy atom. The van der Waals surface area contributed by atoms with E-state index in [9.17, 15) is 9.59 Å². The molecule has 1 saturated heterocycles. The van der Waals surface area contributed by atoms with Crippen LogP contribution in [0, 0.1) is 0 Å². The number of aromatic nitrogens is 5. The maximum atomic E-state index is 13.3. The molecule has 10 nitrogen and oxygen atoms in total. The van der Waals surface area contributed by atoms with Gasteiger partial charge in [0.05, 0.1) is 13.2 Å². The second kappa shape index (κ2) is 8.23. The van der Waals surface area contributed by atoms with Crippen LogP contribution in [-0.4, -0.2) is 55.7 Å². The first-order valence-corrected chi connectivity index (χ1v) is 9.14. The highest BCUT2D eigenvalue weighted by Crippen LogP contribution is 2.22. The third kappa shape index (κ3) is 4.02. The van der Waals surface area contributed by atoms with Gasteiger partial charge in [-0.2, -0.15) is 5.21 Å². The summed E-state index contributed by atoms with van der Waals surface area (Å²) >= 11 is 0. The third-order valence-corrected chi connectivity index (χ3v) is 4.67. The quantitative estimate of drug-likeness (QED) is 0.675. The van der Waals surface area contributed by atoms with Crippen LogP contribution >= 0.6 is 0 Å². The first-order valence-electron chi connectivity index (χ1n) is 9.14. The summed E-state index contributed by atoms with van der Waals surface area (Å²) < 4.78 is 13.0. The number of amides is 1. The highest BCUT2D eigenvalue weighted by Gasteiger charge is 2.31. The zero-order chi connectivity index (χ0) is 20.2. The highest BCUT2D eigenvalue weighted by atomic mass is 16.5. The molecule has 0 bridgehead atoms. The Labute approximate surface area is 166 Å². The normalized spacial score (nSPS) is 16.6. The van der Waals surface area contributed by atoms with Gasteiger partial charge in [-0.1, -0.05) is 35.5 Å². The molecule has 1 aliphatic rings. The number of morpholine rings is 1. The van der Waals surface area contributed by atoms with E-state index < -0.39 is 6.10 Å². The lowest BCUT2D eigenvalue weighted by molar-refractivity contribution is -0.0272. The molecular formula is C19H20N6O4. The Morgan fingerprint density at radius 3 is 2.90 bits per heavy atom. The van der Waals surface area contributed by atoms with Crippen LogP contribution in [0.5, 0.6) is 5.75 Å². The summed E-state index contributed by atoms with van der Waals surface area (Å²) in [4.78, 5) is 27.4. The standard InChI is InChI=1S/C19H20N6O4/c1-24-8-7-14(26)17(29-12-13-5-3-2-4-6-13)16(24)19(27)25-9-10-28-15(11-25)18-20-22-23-21-18/h2-8,15H,9-12H2,1H3,(H,20,21,22,23). The van der Waals surface area contributed by atoms with Crippen molar-refractivity contribution in [2.45, 2.75) is 12.7 Å². The topological polar surface area (TPSA) is 115 Å². The largest absolute Gasteiger partial charge is 0.483 e. The lowest BCUT2D eigenvalue weighted by Crippen LogP contribution is -2.43. The number of benzene rings is 1. The zero-order valence-electron chi connectivity index (χ0n) is 15.8. The van der Waals surface area contributed by atoms with E-state index in [1.807, 2.05) is 30.3 Å². The van der Waals surface area contributed by atoms with Gasteiger partial charge in [0.2, 0.25) is 11.3 Å². The number of nitrogens with one attached hydrogen (secondary N) is 1. The molecule has 1 aliphatic heterocycles. The van der Waals surface area contributed by atoms with Gasteiger partial charge in [0.15, 0.2) is 11.4 Å². The summed E-state index contributed by atoms with van der Waals surface area (Å²) in [6, 6.07) is 10.9. The molecule has 3 aromatic rings. The number of carbonyl (C=O) groups is 1. The second-order valence-corrected chi connectivity index (χ2v) is 6.62. The number of ether oxygens (including phenoxy) is 2. The smallest absolute Gasteiger partial charge is 0.274 e. The van der Waals surface area contributed by atoms with Crippen LogP contribution in [0.15, 0.2) is 47.4 Å². The average Bonchev–Trinajstić information content (AvgIpc) is 3.30. The summed E-state index contributed by atoms with van der Waals surface area (Å²) in [5.74, 6) is 0.0986. The molecule has 29 heavy (non-hydrogen) atoms. The molecule has 150 valence electrons. The molecule has 1 N–H and O–H groups in total. The number of nitrogens with zero attached hydrogens (tertiary/aromatic N) is 5. The van der Waals surface area contributed by atoms with Crippen LogP contribution in [0.3, 0.4) is 0 Å².